The van der Waals surface area contributed by atoms with Crippen LogP contribution >= 0.6 is 0 Å². The summed E-state index contributed by atoms with van der Waals surface area (Å²) in [5, 5.41) is 7.55. The van der Waals surface area contributed by atoms with Crippen molar-refractivity contribution in [1.29, 1.82) is 0 Å². The van der Waals surface area contributed by atoms with E-state index in [0.717, 1.165) is 11.1 Å². The van der Waals surface area contributed by atoms with Gasteiger partial charge in [0.25, 0.3) is 0 Å². The van der Waals surface area contributed by atoms with Gasteiger partial charge in [-0.15, -0.1) is 17.7 Å². The summed E-state index contributed by atoms with van der Waals surface area (Å²) >= 11 is 0. The maximum Gasteiger partial charge on any atom is 0 e. The molecule has 0 atom stereocenters. The van der Waals surface area contributed by atoms with Crippen LogP contribution in [0.5, 0.6) is 0 Å². The third-order valence-corrected chi connectivity index (χ3v) is 8.30. The summed E-state index contributed by atoms with van der Waals surface area (Å²) in [7, 11) is 0. The van der Waals surface area contributed by atoms with Crippen molar-refractivity contribution in [2.24, 2.45) is 0 Å². The molecule has 0 aliphatic heterocycles. The zero-order valence-electron chi connectivity index (χ0n) is 23.6. The van der Waals surface area contributed by atoms with Crippen LogP contribution in [0.1, 0.15) is 0 Å². The van der Waals surface area contributed by atoms with Gasteiger partial charge < -0.3 is 0 Å². The van der Waals surface area contributed by atoms with Crippen LogP contribution in [-0.2, 0) is 32.7 Å². The Balaban J connectivity index is 0.00000300. The SMILES string of the molecule is [Y].[c-]1ccccc1-c1[c-]ccc(-c2c3ccccc3c(-c3ccc(-c4cccc5ccccc45)cc3)c3ccccc23)c1. The Bertz CT molecular complexity index is 2170. The molecule has 199 valence electrons. The van der Waals surface area contributed by atoms with Gasteiger partial charge in [-0.05, 0) is 60.1 Å². The number of benzene rings is 8. The Hall–Kier alpha value is -4.36. The van der Waals surface area contributed by atoms with E-state index in [1.54, 1.807) is 0 Å². The first-order valence-corrected chi connectivity index (χ1v) is 14.4. The van der Waals surface area contributed by atoms with E-state index in [4.69, 9.17) is 0 Å². The summed E-state index contributed by atoms with van der Waals surface area (Å²) in [6, 6.07) is 63.3. The molecule has 8 aromatic carbocycles. The minimum Gasteiger partial charge on any atom is -0.226 e. The molecule has 0 saturated heterocycles. The first-order chi connectivity index (χ1) is 20.8. The third kappa shape index (κ3) is 4.92. The van der Waals surface area contributed by atoms with Gasteiger partial charge in [-0.1, -0.05) is 115 Å². The van der Waals surface area contributed by atoms with Crippen LogP contribution in [0.2, 0.25) is 0 Å². The van der Waals surface area contributed by atoms with Gasteiger partial charge in [0.2, 0.25) is 0 Å². The molecule has 0 spiro atoms. The van der Waals surface area contributed by atoms with Gasteiger partial charge in [0.05, 0.1) is 0 Å². The number of fused-ring (bicyclic) bond motifs is 3. The van der Waals surface area contributed by atoms with Crippen LogP contribution in [0.3, 0.4) is 0 Å². The molecule has 0 amide bonds. The maximum absolute atomic E-state index is 3.43. The standard InChI is InChI=1S/C42H26.Y/c1-2-12-29(13-3-1)33-16-10-17-34(28-33)42-39-21-8-6-19-37(39)41(38-20-7-9-22-40(38)42)32-26-24-31(25-27-32)36-23-11-15-30-14-4-5-18-35(30)36;/h1-12,14-15,17-28H;/q-2;. The molecule has 1 radical (unpaired) electrons. The molecule has 0 heterocycles. The number of rotatable bonds is 4. The second-order valence-electron chi connectivity index (χ2n) is 10.7. The van der Waals surface area contributed by atoms with E-state index in [1.165, 1.54) is 65.7 Å². The minimum atomic E-state index is 0. The van der Waals surface area contributed by atoms with Gasteiger partial charge in [0, 0.05) is 32.7 Å². The quantitative estimate of drug-likeness (QED) is 0.136. The summed E-state index contributed by atoms with van der Waals surface area (Å²) in [4.78, 5) is 0. The Kier molecular flexibility index (Phi) is 7.50. The fourth-order valence-electron chi connectivity index (χ4n) is 6.38. The molecule has 0 aliphatic carbocycles. The summed E-state index contributed by atoms with van der Waals surface area (Å²) in [5.74, 6) is 0. The molecule has 8 rings (SSSR count). The van der Waals surface area contributed by atoms with Crippen molar-refractivity contribution in [3.05, 3.63) is 170 Å². The van der Waals surface area contributed by atoms with Crippen LogP contribution in [0.25, 0.3) is 76.8 Å². The summed E-state index contributed by atoms with van der Waals surface area (Å²) < 4.78 is 0. The molecule has 1 heteroatoms. The molecule has 0 saturated carbocycles. The average Bonchev–Trinajstić information content (AvgIpc) is 3.07. The predicted molar refractivity (Wildman–Crippen MR) is 178 cm³/mol. The van der Waals surface area contributed by atoms with Crippen molar-refractivity contribution < 1.29 is 32.7 Å². The molecule has 0 aromatic heterocycles. The smallest absolute Gasteiger partial charge is 0 e. The van der Waals surface area contributed by atoms with E-state index in [0.29, 0.717) is 0 Å². The summed E-state index contributed by atoms with van der Waals surface area (Å²) in [6.45, 7) is 0. The fourth-order valence-corrected chi connectivity index (χ4v) is 6.38. The maximum atomic E-state index is 3.43. The van der Waals surface area contributed by atoms with Crippen LogP contribution in [0.4, 0.5) is 0 Å². The molecule has 8 aromatic rings. The van der Waals surface area contributed by atoms with Gasteiger partial charge in [0.15, 0.2) is 0 Å². The van der Waals surface area contributed by atoms with Crippen molar-refractivity contribution >= 4 is 32.3 Å². The van der Waals surface area contributed by atoms with Crippen molar-refractivity contribution in [3.8, 4) is 44.5 Å². The van der Waals surface area contributed by atoms with Crippen LogP contribution in [-0.4, -0.2) is 0 Å². The van der Waals surface area contributed by atoms with Gasteiger partial charge in [0.1, 0.15) is 0 Å². The third-order valence-electron chi connectivity index (χ3n) is 8.30. The second kappa shape index (κ2) is 11.7. The van der Waals surface area contributed by atoms with E-state index in [-0.39, 0.29) is 32.7 Å². The van der Waals surface area contributed by atoms with Crippen LogP contribution in [0, 0.1) is 12.1 Å². The van der Waals surface area contributed by atoms with Gasteiger partial charge >= 0.3 is 0 Å². The first kappa shape index (κ1) is 27.5. The molecule has 0 nitrogen and oxygen atoms in total. The second-order valence-corrected chi connectivity index (χ2v) is 10.7. The normalized spacial score (nSPS) is 11.1. The Morgan fingerprint density at radius 2 is 0.884 bits per heavy atom. The Morgan fingerprint density at radius 3 is 1.53 bits per heavy atom. The monoisotopic (exact) mass is 619 g/mol. The van der Waals surface area contributed by atoms with E-state index >= 15 is 0 Å². The van der Waals surface area contributed by atoms with Gasteiger partial charge in [-0.25, -0.2) is 11.1 Å². The average molecular weight is 620 g/mol. The molecule has 0 bridgehead atoms. The topological polar surface area (TPSA) is 0 Å². The largest absolute Gasteiger partial charge is 0.226 e. The molecule has 43 heavy (non-hydrogen) atoms. The predicted octanol–water partition coefficient (Wildman–Crippen LogP) is 11.4. The number of hydrogen-bond acceptors (Lipinski definition) is 0. The van der Waals surface area contributed by atoms with Crippen LogP contribution in [0.15, 0.2) is 158 Å². The van der Waals surface area contributed by atoms with E-state index in [1.807, 2.05) is 18.2 Å². The van der Waals surface area contributed by atoms with E-state index < -0.39 is 0 Å². The molecular weight excluding hydrogens is 593 g/mol. The first-order valence-electron chi connectivity index (χ1n) is 14.4. The van der Waals surface area contributed by atoms with E-state index in [2.05, 4.69) is 152 Å². The molecule has 0 N–H and O–H groups in total. The Morgan fingerprint density at radius 1 is 0.349 bits per heavy atom. The van der Waals surface area contributed by atoms with Gasteiger partial charge in [-0.3, -0.25) is 0 Å². The molecule has 0 fully saturated rings. The summed E-state index contributed by atoms with van der Waals surface area (Å²) in [5.41, 5.74) is 9.52. The molecular formula is C42H26Y-2. The minimum absolute atomic E-state index is 0. The van der Waals surface area contributed by atoms with Gasteiger partial charge in [-0.2, -0.15) is 42.5 Å². The number of hydrogen-bond donors (Lipinski definition) is 0. The van der Waals surface area contributed by atoms with Crippen LogP contribution < -0.4 is 0 Å². The van der Waals surface area contributed by atoms with Crippen molar-refractivity contribution in [2.75, 3.05) is 0 Å². The molecule has 0 unspecified atom stereocenters. The zero-order valence-corrected chi connectivity index (χ0v) is 26.4. The Labute approximate surface area is 277 Å². The summed E-state index contributed by atoms with van der Waals surface area (Å²) in [6.07, 6.45) is 0. The van der Waals surface area contributed by atoms with Crippen molar-refractivity contribution in [2.45, 2.75) is 0 Å². The van der Waals surface area contributed by atoms with Crippen molar-refractivity contribution in [3.63, 3.8) is 0 Å². The van der Waals surface area contributed by atoms with E-state index in [9.17, 15) is 0 Å². The fraction of sp³-hybridized carbons (Fsp3) is 0. The molecule has 0 aliphatic rings. The van der Waals surface area contributed by atoms with Crippen molar-refractivity contribution in [1.82, 2.24) is 0 Å². The zero-order chi connectivity index (χ0) is 27.9.